The number of aromatic amines is 1. The predicted octanol–water partition coefficient (Wildman–Crippen LogP) is 0.102. The first-order valence-corrected chi connectivity index (χ1v) is 6.79. The second-order valence-corrected chi connectivity index (χ2v) is 5.69. The maximum atomic E-state index is 12.2. The van der Waals surface area contributed by atoms with Crippen LogP contribution in [0.2, 0.25) is 0 Å². The average molecular weight is 296 g/mol. The van der Waals surface area contributed by atoms with Gasteiger partial charge in [-0.3, -0.25) is 19.8 Å². The Bertz CT molecular complexity index is 528. The highest BCUT2D eigenvalue weighted by molar-refractivity contribution is 5.96. The number of Topliss-reactive ketones (excluding diaryl/α,β-unsaturated/α-hetero) is 1. The number of aliphatic hydroxyl groups is 1. The number of carbonyl (C=O) groups excluding carboxylic acids is 1. The molecule has 116 valence electrons. The fraction of sp³-hybridized carbons (Fsp3) is 0.615. The lowest BCUT2D eigenvalue weighted by molar-refractivity contribution is -0.384. The molecule has 0 radical (unpaired) electrons. The molecule has 2 atom stereocenters. The minimum atomic E-state index is -0.540. The molecule has 0 amide bonds. The number of β-amino-alcohol motifs (C(OH)–C–C–N with tert-alkyl or cyclic N) is 1. The van der Waals surface area contributed by atoms with Gasteiger partial charge in [0.1, 0.15) is 0 Å². The smallest absolute Gasteiger partial charge is 0.287 e. The number of nitrogens with one attached hydrogen (secondary N) is 1. The summed E-state index contributed by atoms with van der Waals surface area (Å²) in [6.07, 6.45) is 1.42. The molecule has 1 aromatic rings. The topological polar surface area (TPSA) is 103 Å². The van der Waals surface area contributed by atoms with Gasteiger partial charge in [-0.05, 0) is 20.5 Å². The second kappa shape index (κ2) is 6.33. The number of nitrogens with zero attached hydrogens (tertiary/aromatic N) is 3. The molecule has 8 heteroatoms. The number of carbonyl (C=O) groups is 1. The normalized spacial score (nSPS) is 22.9. The van der Waals surface area contributed by atoms with Crippen molar-refractivity contribution < 1.29 is 14.8 Å². The van der Waals surface area contributed by atoms with Crippen LogP contribution in [0.4, 0.5) is 5.69 Å². The van der Waals surface area contributed by atoms with Crippen molar-refractivity contribution in [3.8, 4) is 0 Å². The minimum Gasteiger partial charge on any atom is -0.392 e. The summed E-state index contributed by atoms with van der Waals surface area (Å²) in [5.41, 5.74) is 0.108. The molecule has 1 aliphatic heterocycles. The van der Waals surface area contributed by atoms with E-state index in [0.717, 1.165) is 6.54 Å². The van der Waals surface area contributed by atoms with Crippen molar-refractivity contribution in [1.29, 1.82) is 0 Å². The zero-order chi connectivity index (χ0) is 15.6. The number of H-pyrrole nitrogens is 1. The zero-order valence-electron chi connectivity index (χ0n) is 12.2. The molecule has 0 aromatic carbocycles. The summed E-state index contributed by atoms with van der Waals surface area (Å²) >= 11 is 0. The van der Waals surface area contributed by atoms with E-state index in [2.05, 4.69) is 4.98 Å². The molecule has 1 aliphatic rings. The van der Waals surface area contributed by atoms with Gasteiger partial charge in [0.05, 0.1) is 29.5 Å². The number of hydrogen-bond acceptors (Lipinski definition) is 6. The van der Waals surface area contributed by atoms with E-state index in [-0.39, 0.29) is 29.8 Å². The Hall–Kier alpha value is -1.77. The van der Waals surface area contributed by atoms with E-state index >= 15 is 0 Å². The Balaban J connectivity index is 2.01. The second-order valence-electron chi connectivity index (χ2n) is 5.69. The van der Waals surface area contributed by atoms with Crippen LogP contribution in [0, 0.1) is 10.1 Å². The highest BCUT2D eigenvalue weighted by Gasteiger charge is 2.32. The van der Waals surface area contributed by atoms with E-state index < -0.39 is 11.0 Å². The Labute approximate surface area is 122 Å². The maximum absolute atomic E-state index is 12.2. The highest BCUT2D eigenvalue weighted by Crippen LogP contribution is 2.20. The summed E-state index contributed by atoms with van der Waals surface area (Å²) in [7, 11) is 3.89. The Morgan fingerprint density at radius 2 is 2.33 bits per heavy atom. The van der Waals surface area contributed by atoms with Crippen LogP contribution < -0.4 is 0 Å². The molecule has 0 saturated carbocycles. The van der Waals surface area contributed by atoms with Gasteiger partial charge in [0.25, 0.3) is 5.69 Å². The van der Waals surface area contributed by atoms with Crippen LogP contribution in [-0.4, -0.2) is 76.5 Å². The standard InChI is InChI=1S/C13H20N4O4/c1-15(2)6-10-3-11(18)7-16(10)8-13(19)12-4-9(5-14-12)17(20)21/h4-5,10-11,14,18H,3,6-8H2,1-2H3. The van der Waals surface area contributed by atoms with Gasteiger partial charge in [0.2, 0.25) is 0 Å². The number of likely N-dealkylation sites (N-methyl/N-ethyl adjacent to an activating group) is 1. The molecule has 2 N–H and O–H groups in total. The highest BCUT2D eigenvalue weighted by atomic mass is 16.6. The van der Waals surface area contributed by atoms with E-state index in [4.69, 9.17) is 0 Å². The number of likely N-dealkylation sites (tertiary alicyclic amines) is 1. The van der Waals surface area contributed by atoms with Gasteiger partial charge in [-0.1, -0.05) is 0 Å². The molecule has 2 rings (SSSR count). The quantitative estimate of drug-likeness (QED) is 0.438. The van der Waals surface area contributed by atoms with Crippen LogP contribution in [0.1, 0.15) is 16.9 Å². The van der Waals surface area contributed by atoms with Crippen LogP contribution >= 0.6 is 0 Å². The third-order valence-corrected chi connectivity index (χ3v) is 3.61. The van der Waals surface area contributed by atoms with Crippen molar-refractivity contribution >= 4 is 11.5 Å². The molecule has 1 saturated heterocycles. The van der Waals surface area contributed by atoms with Crippen LogP contribution in [0.3, 0.4) is 0 Å². The number of aromatic nitrogens is 1. The van der Waals surface area contributed by atoms with Crippen molar-refractivity contribution in [2.45, 2.75) is 18.6 Å². The van der Waals surface area contributed by atoms with Crippen molar-refractivity contribution in [3.05, 3.63) is 28.1 Å². The van der Waals surface area contributed by atoms with Crippen molar-refractivity contribution in [1.82, 2.24) is 14.8 Å². The van der Waals surface area contributed by atoms with E-state index in [0.29, 0.717) is 13.0 Å². The van der Waals surface area contributed by atoms with Gasteiger partial charge in [0, 0.05) is 25.2 Å². The summed E-state index contributed by atoms with van der Waals surface area (Å²) in [4.78, 5) is 28.8. The summed E-state index contributed by atoms with van der Waals surface area (Å²) in [5, 5.41) is 20.4. The lowest BCUT2D eigenvalue weighted by atomic mass is 10.2. The number of ketones is 1. The van der Waals surface area contributed by atoms with E-state index in [1.54, 1.807) is 0 Å². The predicted molar refractivity (Wildman–Crippen MR) is 76.3 cm³/mol. The molecule has 0 bridgehead atoms. The van der Waals surface area contributed by atoms with Crippen LogP contribution in [0.25, 0.3) is 0 Å². The Kier molecular flexibility index (Phi) is 4.71. The molecular formula is C13H20N4O4. The Morgan fingerprint density at radius 1 is 1.62 bits per heavy atom. The molecule has 2 heterocycles. The first-order chi connectivity index (χ1) is 9.86. The third-order valence-electron chi connectivity index (χ3n) is 3.61. The Morgan fingerprint density at radius 3 is 2.90 bits per heavy atom. The van der Waals surface area contributed by atoms with Crippen molar-refractivity contribution in [3.63, 3.8) is 0 Å². The minimum absolute atomic E-state index is 0.115. The van der Waals surface area contributed by atoms with E-state index in [9.17, 15) is 20.0 Å². The summed E-state index contributed by atoms with van der Waals surface area (Å²) in [6.45, 7) is 1.36. The van der Waals surface area contributed by atoms with Crippen molar-refractivity contribution in [2.24, 2.45) is 0 Å². The molecule has 8 nitrogen and oxygen atoms in total. The van der Waals surface area contributed by atoms with E-state index in [1.807, 2.05) is 23.9 Å². The molecule has 2 unspecified atom stereocenters. The van der Waals surface area contributed by atoms with Crippen molar-refractivity contribution in [2.75, 3.05) is 33.7 Å². The number of nitro groups is 1. The molecule has 0 aliphatic carbocycles. The summed E-state index contributed by atoms with van der Waals surface area (Å²) in [6, 6.07) is 1.36. The number of hydrogen-bond donors (Lipinski definition) is 2. The lowest BCUT2D eigenvalue weighted by Gasteiger charge is -2.25. The number of aliphatic hydroxyl groups excluding tert-OH is 1. The first-order valence-electron chi connectivity index (χ1n) is 6.79. The first kappa shape index (κ1) is 15.6. The largest absolute Gasteiger partial charge is 0.392 e. The number of rotatable bonds is 6. The lowest BCUT2D eigenvalue weighted by Crippen LogP contribution is -2.40. The van der Waals surface area contributed by atoms with Crippen LogP contribution in [0.5, 0.6) is 0 Å². The van der Waals surface area contributed by atoms with E-state index in [1.165, 1.54) is 12.3 Å². The summed E-state index contributed by atoms with van der Waals surface area (Å²) < 4.78 is 0. The SMILES string of the molecule is CN(C)CC1CC(O)CN1CC(=O)c1cc([N+](=O)[O-])c[nH]1. The van der Waals surface area contributed by atoms with Crippen LogP contribution in [0.15, 0.2) is 12.3 Å². The monoisotopic (exact) mass is 296 g/mol. The van der Waals surface area contributed by atoms with Crippen LogP contribution in [-0.2, 0) is 0 Å². The molecule has 1 fully saturated rings. The van der Waals surface area contributed by atoms with Gasteiger partial charge >= 0.3 is 0 Å². The average Bonchev–Trinajstić information content (AvgIpc) is 2.96. The molecular weight excluding hydrogens is 276 g/mol. The fourth-order valence-corrected chi connectivity index (χ4v) is 2.68. The zero-order valence-corrected chi connectivity index (χ0v) is 12.2. The fourth-order valence-electron chi connectivity index (χ4n) is 2.68. The van der Waals surface area contributed by atoms with Gasteiger partial charge < -0.3 is 15.0 Å². The maximum Gasteiger partial charge on any atom is 0.287 e. The third kappa shape index (κ3) is 3.87. The summed E-state index contributed by atoms with van der Waals surface area (Å²) in [5.74, 6) is -0.207. The van der Waals surface area contributed by atoms with Gasteiger partial charge in [0.15, 0.2) is 5.78 Å². The molecule has 0 spiro atoms. The van der Waals surface area contributed by atoms with Gasteiger partial charge in [-0.25, -0.2) is 0 Å². The molecule has 1 aromatic heterocycles. The van der Waals surface area contributed by atoms with Gasteiger partial charge in [-0.2, -0.15) is 0 Å². The molecule has 21 heavy (non-hydrogen) atoms. The van der Waals surface area contributed by atoms with Gasteiger partial charge in [-0.15, -0.1) is 0 Å².